The van der Waals surface area contributed by atoms with Crippen LogP contribution in [0.15, 0.2) is 0 Å². The lowest BCUT2D eigenvalue weighted by molar-refractivity contribution is -0.137. The van der Waals surface area contributed by atoms with Crippen LogP contribution >= 0.6 is 0 Å². The van der Waals surface area contributed by atoms with Crippen LogP contribution in [0.3, 0.4) is 0 Å². The first kappa shape index (κ1) is 16.8. The van der Waals surface area contributed by atoms with E-state index in [1.165, 1.54) is 0 Å². The predicted molar refractivity (Wildman–Crippen MR) is 75.6 cm³/mol. The molecule has 116 valence electrons. The van der Waals surface area contributed by atoms with Crippen molar-refractivity contribution >= 4 is 12.0 Å². The zero-order valence-corrected chi connectivity index (χ0v) is 12.2. The minimum Gasteiger partial charge on any atom is -0.481 e. The lowest BCUT2D eigenvalue weighted by atomic mass is 9.97. The number of hydrogen-bond donors (Lipinski definition) is 3. The number of hydrogen-bond acceptors (Lipinski definition) is 3. The van der Waals surface area contributed by atoms with E-state index in [1.807, 2.05) is 6.92 Å². The van der Waals surface area contributed by atoms with Gasteiger partial charge in [-0.2, -0.15) is 0 Å². The van der Waals surface area contributed by atoms with E-state index in [0.29, 0.717) is 25.4 Å². The van der Waals surface area contributed by atoms with Gasteiger partial charge < -0.3 is 20.5 Å². The second-order valence-corrected chi connectivity index (χ2v) is 5.27. The number of carbonyl (C=O) groups excluding carboxylic acids is 1. The van der Waals surface area contributed by atoms with E-state index in [2.05, 4.69) is 10.6 Å². The molecule has 0 spiro atoms. The molecule has 0 saturated carbocycles. The van der Waals surface area contributed by atoms with Crippen molar-refractivity contribution in [3.63, 3.8) is 0 Å². The molecule has 0 radical (unpaired) electrons. The smallest absolute Gasteiger partial charge is 0.314 e. The van der Waals surface area contributed by atoms with Gasteiger partial charge in [-0.1, -0.05) is 13.3 Å². The lowest BCUT2D eigenvalue weighted by Crippen LogP contribution is -2.40. The zero-order chi connectivity index (χ0) is 14.8. The normalized spacial score (nSPS) is 19.6. The number of carboxylic acids is 1. The van der Waals surface area contributed by atoms with Crippen LogP contribution in [0.25, 0.3) is 0 Å². The van der Waals surface area contributed by atoms with Crippen molar-refractivity contribution in [2.24, 2.45) is 5.92 Å². The minimum absolute atomic E-state index is 0.153. The molecule has 2 amide bonds. The first-order valence-electron chi connectivity index (χ1n) is 7.47. The third-order valence-corrected chi connectivity index (χ3v) is 3.70. The van der Waals surface area contributed by atoms with Gasteiger partial charge in [-0.15, -0.1) is 0 Å². The van der Waals surface area contributed by atoms with E-state index in [9.17, 15) is 9.59 Å². The molecule has 1 heterocycles. The average Bonchev–Trinajstić information content (AvgIpc) is 2.93. The summed E-state index contributed by atoms with van der Waals surface area (Å²) in [5.74, 6) is -0.407. The van der Waals surface area contributed by atoms with Crippen LogP contribution in [0.2, 0.25) is 0 Å². The zero-order valence-electron chi connectivity index (χ0n) is 12.2. The molecular weight excluding hydrogens is 260 g/mol. The average molecular weight is 286 g/mol. The van der Waals surface area contributed by atoms with Gasteiger partial charge in [0.15, 0.2) is 0 Å². The number of rotatable bonds is 9. The van der Waals surface area contributed by atoms with E-state index >= 15 is 0 Å². The first-order chi connectivity index (χ1) is 9.61. The number of amides is 2. The first-order valence-corrected chi connectivity index (χ1v) is 7.47. The van der Waals surface area contributed by atoms with Crippen molar-refractivity contribution in [1.82, 2.24) is 10.6 Å². The van der Waals surface area contributed by atoms with Gasteiger partial charge in [0.2, 0.25) is 0 Å². The van der Waals surface area contributed by atoms with E-state index in [1.54, 1.807) is 0 Å². The fourth-order valence-corrected chi connectivity index (χ4v) is 2.34. The lowest BCUT2D eigenvalue weighted by Gasteiger charge is -2.15. The van der Waals surface area contributed by atoms with Crippen molar-refractivity contribution in [1.29, 1.82) is 0 Å². The van der Waals surface area contributed by atoms with Gasteiger partial charge >= 0.3 is 12.0 Å². The number of carbonyl (C=O) groups is 2. The molecule has 1 aliphatic heterocycles. The van der Waals surface area contributed by atoms with Crippen LogP contribution in [-0.2, 0) is 9.53 Å². The number of ether oxygens (including phenoxy) is 1. The van der Waals surface area contributed by atoms with Gasteiger partial charge in [0, 0.05) is 26.1 Å². The van der Waals surface area contributed by atoms with E-state index in [4.69, 9.17) is 9.84 Å². The fraction of sp³-hybridized carbons (Fsp3) is 0.857. The van der Waals surface area contributed by atoms with Gasteiger partial charge in [0.25, 0.3) is 0 Å². The molecule has 2 atom stereocenters. The van der Waals surface area contributed by atoms with Crippen LogP contribution in [-0.4, -0.2) is 42.9 Å². The van der Waals surface area contributed by atoms with E-state index in [0.717, 1.165) is 32.3 Å². The molecule has 0 bridgehead atoms. The Kier molecular flexibility index (Phi) is 8.02. The monoisotopic (exact) mass is 286 g/mol. The highest BCUT2D eigenvalue weighted by Gasteiger charge is 2.16. The largest absolute Gasteiger partial charge is 0.481 e. The number of nitrogens with one attached hydrogen (secondary N) is 2. The molecular formula is C14H26N2O4. The quantitative estimate of drug-likeness (QED) is 0.602. The predicted octanol–water partition coefficient (Wildman–Crippen LogP) is 1.75. The Morgan fingerprint density at radius 1 is 1.35 bits per heavy atom. The van der Waals surface area contributed by atoms with E-state index in [-0.39, 0.29) is 18.6 Å². The topological polar surface area (TPSA) is 87.7 Å². The molecule has 1 saturated heterocycles. The fourth-order valence-electron chi connectivity index (χ4n) is 2.34. The highest BCUT2D eigenvalue weighted by Crippen LogP contribution is 2.14. The Balaban J connectivity index is 2.05. The van der Waals surface area contributed by atoms with Crippen LogP contribution in [0, 0.1) is 5.92 Å². The summed E-state index contributed by atoms with van der Waals surface area (Å²) < 4.78 is 5.42. The maximum absolute atomic E-state index is 11.6. The molecule has 0 aromatic rings. The Morgan fingerprint density at radius 3 is 2.75 bits per heavy atom. The van der Waals surface area contributed by atoms with Crippen LogP contribution in [0.5, 0.6) is 0 Å². The Morgan fingerprint density at radius 2 is 2.15 bits per heavy atom. The molecule has 6 heteroatoms. The van der Waals surface area contributed by atoms with Gasteiger partial charge in [-0.3, -0.25) is 4.79 Å². The number of urea groups is 1. The Bertz CT molecular complexity index is 304. The minimum atomic E-state index is -0.759. The van der Waals surface area contributed by atoms with Crippen LogP contribution in [0.4, 0.5) is 4.79 Å². The van der Waals surface area contributed by atoms with Gasteiger partial charge in [0.1, 0.15) is 0 Å². The molecule has 0 aromatic heterocycles. The molecule has 0 aliphatic carbocycles. The molecule has 20 heavy (non-hydrogen) atoms. The van der Waals surface area contributed by atoms with Gasteiger partial charge in [-0.05, 0) is 31.6 Å². The number of carboxylic acid groups (broad SMARTS) is 1. The molecule has 3 N–H and O–H groups in total. The van der Waals surface area contributed by atoms with Crippen molar-refractivity contribution < 1.29 is 19.4 Å². The SMILES string of the molecule is CCC(CCNC(=O)NCC1CCCO1)CCC(=O)O. The summed E-state index contributed by atoms with van der Waals surface area (Å²) in [6, 6.07) is -0.173. The third kappa shape index (κ3) is 7.33. The summed E-state index contributed by atoms with van der Waals surface area (Å²) in [6.07, 6.45) is 4.85. The van der Waals surface area contributed by atoms with Crippen molar-refractivity contribution in [3.05, 3.63) is 0 Å². The molecule has 1 aliphatic rings. The Hall–Kier alpha value is -1.30. The molecule has 6 nitrogen and oxygen atoms in total. The maximum atomic E-state index is 11.6. The summed E-state index contributed by atoms with van der Waals surface area (Å²) in [5, 5.41) is 14.3. The third-order valence-electron chi connectivity index (χ3n) is 3.70. The molecule has 1 fully saturated rings. The highest BCUT2D eigenvalue weighted by atomic mass is 16.5. The van der Waals surface area contributed by atoms with Gasteiger partial charge in [0.05, 0.1) is 6.10 Å². The summed E-state index contributed by atoms with van der Waals surface area (Å²) in [4.78, 5) is 22.1. The maximum Gasteiger partial charge on any atom is 0.314 e. The van der Waals surface area contributed by atoms with Crippen molar-refractivity contribution in [3.8, 4) is 0 Å². The standard InChI is InChI=1S/C14H26N2O4/c1-2-11(5-6-13(17)18)7-8-15-14(19)16-10-12-4-3-9-20-12/h11-12H,2-10H2,1H3,(H,17,18)(H2,15,16,19). The molecule has 2 unspecified atom stereocenters. The van der Waals surface area contributed by atoms with Crippen LogP contribution < -0.4 is 10.6 Å². The molecule has 1 rings (SSSR count). The summed E-state index contributed by atoms with van der Waals surface area (Å²) in [5.41, 5.74) is 0. The second-order valence-electron chi connectivity index (χ2n) is 5.27. The summed E-state index contributed by atoms with van der Waals surface area (Å²) in [7, 11) is 0. The number of aliphatic carboxylic acids is 1. The summed E-state index contributed by atoms with van der Waals surface area (Å²) in [6.45, 7) is 3.97. The highest BCUT2D eigenvalue weighted by molar-refractivity contribution is 5.73. The Labute approximate surface area is 120 Å². The van der Waals surface area contributed by atoms with Crippen LogP contribution in [0.1, 0.15) is 45.4 Å². The van der Waals surface area contributed by atoms with E-state index < -0.39 is 5.97 Å². The van der Waals surface area contributed by atoms with Gasteiger partial charge in [-0.25, -0.2) is 4.79 Å². The second kappa shape index (κ2) is 9.58. The summed E-state index contributed by atoms with van der Waals surface area (Å²) >= 11 is 0. The van der Waals surface area contributed by atoms with Crippen molar-refractivity contribution in [2.75, 3.05) is 19.7 Å². The molecule has 0 aromatic carbocycles. The van der Waals surface area contributed by atoms with Crippen molar-refractivity contribution in [2.45, 2.75) is 51.6 Å².